The molecule has 0 rings (SSSR count). The molecule has 14 heavy (non-hydrogen) atoms. The average molecular weight is 202 g/mol. The molecule has 0 amide bonds. The molecule has 0 aromatic heterocycles. The first kappa shape index (κ1) is 13.6. The highest BCUT2D eigenvalue weighted by Gasteiger charge is 2.10. The molecule has 0 fully saturated rings. The van der Waals surface area contributed by atoms with Crippen LogP contribution in [0.15, 0.2) is 0 Å². The Bertz CT molecular complexity index is 145. The Morgan fingerprint density at radius 1 is 1.07 bits per heavy atom. The third-order valence-corrected chi connectivity index (χ3v) is 2.63. The van der Waals surface area contributed by atoms with Gasteiger partial charge in [-0.15, -0.1) is 0 Å². The fourth-order valence-corrected chi connectivity index (χ4v) is 1.52. The lowest BCUT2D eigenvalue weighted by Gasteiger charge is -2.04. The van der Waals surface area contributed by atoms with E-state index in [0.29, 0.717) is 6.42 Å². The highest BCUT2D eigenvalue weighted by atomic mass is 19.1. The Morgan fingerprint density at radius 2 is 1.57 bits per heavy atom. The van der Waals surface area contributed by atoms with Gasteiger partial charge in [0.1, 0.15) is 0 Å². The Hall–Kier alpha value is -0.400. The van der Waals surface area contributed by atoms with E-state index in [1.807, 2.05) is 0 Å². The number of halogens is 1. The van der Waals surface area contributed by atoms with Crippen LogP contribution >= 0.6 is 0 Å². The van der Waals surface area contributed by atoms with Crippen LogP contribution in [0.25, 0.3) is 0 Å². The van der Waals surface area contributed by atoms with Crippen molar-refractivity contribution in [1.29, 1.82) is 0 Å². The molecule has 0 heterocycles. The maximum absolute atomic E-state index is 12.1. The van der Waals surface area contributed by atoms with Crippen LogP contribution in [-0.2, 0) is 4.79 Å². The minimum Gasteiger partial charge on any atom is -0.261 e. The Morgan fingerprint density at radius 3 is 2.07 bits per heavy atom. The van der Waals surface area contributed by atoms with Gasteiger partial charge in [-0.2, -0.15) is 4.39 Å². The summed E-state index contributed by atoms with van der Waals surface area (Å²) in [6.45, 7) is 3.87. The predicted molar refractivity (Wildman–Crippen MR) is 57.9 cm³/mol. The maximum Gasteiger partial charge on any atom is 0.304 e. The minimum absolute atomic E-state index is 0.384. The SMILES string of the molecule is CCCCCCCCCC(C)C(=O)F. The van der Waals surface area contributed by atoms with Crippen LogP contribution < -0.4 is 0 Å². The normalized spacial score (nSPS) is 12.8. The van der Waals surface area contributed by atoms with Crippen molar-refractivity contribution in [3.05, 3.63) is 0 Å². The second-order valence-corrected chi connectivity index (χ2v) is 4.12. The highest BCUT2D eigenvalue weighted by Crippen LogP contribution is 2.13. The summed E-state index contributed by atoms with van der Waals surface area (Å²) in [5.74, 6) is -0.384. The van der Waals surface area contributed by atoms with Gasteiger partial charge in [0.05, 0.1) is 0 Å². The van der Waals surface area contributed by atoms with Crippen molar-refractivity contribution in [3.8, 4) is 0 Å². The molecule has 0 bridgehead atoms. The summed E-state index contributed by atoms with van der Waals surface area (Å²) in [7, 11) is 0. The summed E-state index contributed by atoms with van der Waals surface area (Å²) >= 11 is 0. The molecule has 0 aromatic rings. The zero-order chi connectivity index (χ0) is 10.8. The summed E-state index contributed by atoms with van der Waals surface area (Å²) in [5.41, 5.74) is 0. The van der Waals surface area contributed by atoms with E-state index in [4.69, 9.17) is 0 Å². The first-order valence-electron chi connectivity index (χ1n) is 5.87. The van der Waals surface area contributed by atoms with Gasteiger partial charge in [0, 0.05) is 5.92 Å². The molecule has 1 atom stereocenters. The van der Waals surface area contributed by atoms with Crippen LogP contribution in [-0.4, -0.2) is 6.04 Å². The van der Waals surface area contributed by atoms with Gasteiger partial charge in [0.15, 0.2) is 0 Å². The second kappa shape index (κ2) is 9.17. The average Bonchev–Trinajstić information content (AvgIpc) is 2.16. The lowest BCUT2D eigenvalue weighted by molar-refractivity contribution is -0.133. The molecular formula is C12H23FO. The van der Waals surface area contributed by atoms with Gasteiger partial charge in [0.2, 0.25) is 0 Å². The molecule has 0 saturated heterocycles. The van der Waals surface area contributed by atoms with Gasteiger partial charge in [-0.05, 0) is 6.42 Å². The van der Waals surface area contributed by atoms with Crippen LogP contribution in [0, 0.1) is 5.92 Å². The van der Waals surface area contributed by atoms with Gasteiger partial charge in [-0.25, -0.2) is 0 Å². The van der Waals surface area contributed by atoms with Crippen LogP contribution in [0.2, 0.25) is 0 Å². The summed E-state index contributed by atoms with van der Waals surface area (Å²) in [4.78, 5) is 10.3. The molecule has 0 aliphatic rings. The fraction of sp³-hybridized carbons (Fsp3) is 0.917. The van der Waals surface area contributed by atoms with E-state index in [9.17, 15) is 9.18 Å². The number of carbonyl (C=O) groups is 1. The molecule has 0 aliphatic carbocycles. The van der Waals surface area contributed by atoms with Gasteiger partial charge in [-0.1, -0.05) is 58.8 Å². The van der Waals surface area contributed by atoms with E-state index < -0.39 is 6.04 Å². The molecule has 1 unspecified atom stereocenters. The monoisotopic (exact) mass is 202 g/mol. The third-order valence-electron chi connectivity index (χ3n) is 2.63. The molecule has 0 aromatic carbocycles. The van der Waals surface area contributed by atoms with Crippen molar-refractivity contribution in [2.75, 3.05) is 0 Å². The number of unbranched alkanes of at least 4 members (excludes halogenated alkanes) is 6. The molecule has 1 nitrogen and oxygen atoms in total. The first-order valence-corrected chi connectivity index (χ1v) is 5.87. The van der Waals surface area contributed by atoms with E-state index in [1.54, 1.807) is 6.92 Å². The van der Waals surface area contributed by atoms with Crippen molar-refractivity contribution < 1.29 is 9.18 Å². The van der Waals surface area contributed by atoms with Crippen molar-refractivity contribution in [2.45, 2.75) is 65.2 Å². The van der Waals surface area contributed by atoms with Gasteiger partial charge >= 0.3 is 6.04 Å². The van der Waals surface area contributed by atoms with Crippen LogP contribution in [0.3, 0.4) is 0 Å². The van der Waals surface area contributed by atoms with Crippen molar-refractivity contribution >= 4 is 6.04 Å². The molecular weight excluding hydrogens is 179 g/mol. The molecule has 0 aliphatic heterocycles. The van der Waals surface area contributed by atoms with E-state index in [2.05, 4.69) is 6.92 Å². The lowest BCUT2D eigenvalue weighted by atomic mass is 10.0. The number of carbonyl (C=O) groups excluding carboxylic acids is 1. The van der Waals surface area contributed by atoms with E-state index in [0.717, 1.165) is 12.8 Å². The number of rotatable bonds is 9. The molecule has 2 heteroatoms. The van der Waals surface area contributed by atoms with Gasteiger partial charge in [-0.3, -0.25) is 4.79 Å². The Kier molecular flexibility index (Phi) is 8.90. The topological polar surface area (TPSA) is 17.1 Å². The Balaban J connectivity index is 3.09. The molecule has 84 valence electrons. The number of hydrogen-bond donors (Lipinski definition) is 0. The van der Waals surface area contributed by atoms with Crippen molar-refractivity contribution in [2.24, 2.45) is 5.92 Å². The smallest absolute Gasteiger partial charge is 0.261 e. The fourth-order valence-electron chi connectivity index (χ4n) is 1.52. The first-order chi connectivity index (χ1) is 6.68. The van der Waals surface area contributed by atoms with Gasteiger partial charge < -0.3 is 0 Å². The third kappa shape index (κ3) is 8.21. The van der Waals surface area contributed by atoms with Crippen LogP contribution in [0.1, 0.15) is 65.2 Å². The summed E-state index contributed by atoms with van der Waals surface area (Å²) < 4.78 is 12.1. The number of hydrogen-bond acceptors (Lipinski definition) is 1. The summed E-state index contributed by atoms with van der Waals surface area (Å²) in [6.07, 6.45) is 9.26. The molecule has 0 saturated carbocycles. The summed E-state index contributed by atoms with van der Waals surface area (Å²) in [5, 5.41) is 0. The van der Waals surface area contributed by atoms with Crippen LogP contribution in [0.4, 0.5) is 4.39 Å². The second-order valence-electron chi connectivity index (χ2n) is 4.12. The zero-order valence-corrected chi connectivity index (χ0v) is 9.52. The van der Waals surface area contributed by atoms with Crippen LogP contribution in [0.5, 0.6) is 0 Å². The quantitative estimate of drug-likeness (QED) is 0.403. The largest absolute Gasteiger partial charge is 0.304 e. The lowest BCUT2D eigenvalue weighted by Crippen LogP contribution is -2.04. The van der Waals surface area contributed by atoms with E-state index >= 15 is 0 Å². The zero-order valence-electron chi connectivity index (χ0n) is 9.52. The van der Waals surface area contributed by atoms with Crippen molar-refractivity contribution in [3.63, 3.8) is 0 Å². The molecule has 0 radical (unpaired) electrons. The molecule has 0 N–H and O–H groups in total. The standard InChI is InChI=1S/C12H23FO/c1-3-4-5-6-7-8-9-10-11(2)12(13)14/h11H,3-10H2,1-2H3. The molecule has 0 spiro atoms. The maximum atomic E-state index is 12.1. The Labute approximate surface area is 87.1 Å². The summed E-state index contributed by atoms with van der Waals surface area (Å²) in [6, 6.07) is -1.16. The minimum atomic E-state index is -1.16. The van der Waals surface area contributed by atoms with E-state index in [1.165, 1.54) is 32.1 Å². The predicted octanol–water partition coefficient (Wildman–Crippen LogP) is 4.26. The van der Waals surface area contributed by atoms with Gasteiger partial charge in [0.25, 0.3) is 0 Å². The van der Waals surface area contributed by atoms with Crippen molar-refractivity contribution in [1.82, 2.24) is 0 Å². The highest BCUT2D eigenvalue weighted by molar-refractivity contribution is 5.70. The van der Waals surface area contributed by atoms with E-state index in [-0.39, 0.29) is 5.92 Å².